The van der Waals surface area contributed by atoms with Gasteiger partial charge in [0, 0.05) is 13.2 Å². The molecule has 0 aromatic heterocycles. The molecule has 0 fully saturated rings. The highest BCUT2D eigenvalue weighted by molar-refractivity contribution is 5.27. The highest BCUT2D eigenvalue weighted by Gasteiger charge is 1.98. The molecule has 0 amide bonds. The van der Waals surface area contributed by atoms with Crippen LogP contribution in [0.4, 0.5) is 0 Å². The van der Waals surface area contributed by atoms with E-state index >= 15 is 0 Å². The van der Waals surface area contributed by atoms with Gasteiger partial charge in [0.15, 0.2) is 6.79 Å². The predicted octanol–water partition coefficient (Wildman–Crippen LogP) is 1.39. The first-order valence-corrected chi connectivity index (χ1v) is 5.68. The van der Waals surface area contributed by atoms with Gasteiger partial charge >= 0.3 is 0 Å². The molecular weight excluding hydrogens is 216 g/mol. The van der Waals surface area contributed by atoms with Crippen molar-refractivity contribution >= 4 is 0 Å². The molecule has 17 heavy (non-hydrogen) atoms. The van der Waals surface area contributed by atoms with Gasteiger partial charge in [0.25, 0.3) is 0 Å². The molecule has 0 spiro atoms. The van der Waals surface area contributed by atoms with Crippen LogP contribution in [0.25, 0.3) is 0 Å². The summed E-state index contributed by atoms with van der Waals surface area (Å²) in [5.74, 6) is 0.820. The van der Waals surface area contributed by atoms with Gasteiger partial charge in [0.1, 0.15) is 5.75 Å². The summed E-state index contributed by atoms with van der Waals surface area (Å²) in [6.07, 6.45) is 0.893. The van der Waals surface area contributed by atoms with Crippen LogP contribution in [0.15, 0.2) is 24.3 Å². The maximum atomic E-state index is 5.69. The third-order valence-corrected chi connectivity index (χ3v) is 1.82. The zero-order valence-corrected chi connectivity index (χ0v) is 11.2. The Hall–Kier alpha value is -1.10. The van der Waals surface area contributed by atoms with E-state index in [2.05, 4.69) is 5.32 Å². The SMILES string of the molecule is CNC.COCOc1ccc(CC(C)N)cc1. The Labute approximate surface area is 104 Å². The van der Waals surface area contributed by atoms with Crippen molar-refractivity contribution in [3.8, 4) is 5.75 Å². The molecule has 1 unspecified atom stereocenters. The topological polar surface area (TPSA) is 56.5 Å². The summed E-state index contributed by atoms with van der Waals surface area (Å²) in [5.41, 5.74) is 6.92. The molecule has 0 aliphatic carbocycles. The molecule has 3 N–H and O–H groups in total. The summed E-state index contributed by atoms with van der Waals surface area (Å²) in [7, 11) is 5.35. The molecule has 0 saturated heterocycles. The Morgan fingerprint density at radius 2 is 1.76 bits per heavy atom. The van der Waals surface area contributed by atoms with Crippen LogP contribution in [0.1, 0.15) is 12.5 Å². The van der Waals surface area contributed by atoms with Gasteiger partial charge in [-0.25, -0.2) is 0 Å². The molecule has 4 nitrogen and oxygen atoms in total. The quantitative estimate of drug-likeness (QED) is 0.764. The monoisotopic (exact) mass is 240 g/mol. The maximum absolute atomic E-state index is 5.69. The number of nitrogens with two attached hydrogens (primary N) is 1. The van der Waals surface area contributed by atoms with E-state index in [4.69, 9.17) is 15.2 Å². The molecular formula is C13H24N2O2. The predicted molar refractivity (Wildman–Crippen MR) is 71.3 cm³/mol. The van der Waals surface area contributed by atoms with E-state index in [0.717, 1.165) is 12.2 Å². The van der Waals surface area contributed by atoms with Gasteiger partial charge in [-0.3, -0.25) is 0 Å². The first-order chi connectivity index (χ1) is 8.13. The van der Waals surface area contributed by atoms with Gasteiger partial charge < -0.3 is 20.5 Å². The van der Waals surface area contributed by atoms with Crippen LogP contribution in [0, 0.1) is 0 Å². The van der Waals surface area contributed by atoms with Gasteiger partial charge in [0.05, 0.1) is 0 Å². The first-order valence-electron chi connectivity index (χ1n) is 5.68. The molecule has 1 rings (SSSR count). The van der Waals surface area contributed by atoms with Gasteiger partial charge in [0.2, 0.25) is 0 Å². The zero-order chi connectivity index (χ0) is 13.1. The van der Waals surface area contributed by atoms with Crippen molar-refractivity contribution < 1.29 is 9.47 Å². The maximum Gasteiger partial charge on any atom is 0.188 e. The number of ether oxygens (including phenoxy) is 2. The molecule has 0 radical (unpaired) electrons. The largest absolute Gasteiger partial charge is 0.468 e. The van der Waals surface area contributed by atoms with Crippen molar-refractivity contribution in [3.63, 3.8) is 0 Å². The normalized spacial score (nSPS) is 11.4. The van der Waals surface area contributed by atoms with Crippen LogP contribution in [0.2, 0.25) is 0 Å². The molecule has 98 valence electrons. The number of rotatable bonds is 5. The van der Waals surface area contributed by atoms with Gasteiger partial charge in [-0.05, 0) is 45.1 Å². The lowest BCUT2D eigenvalue weighted by atomic mass is 10.1. The minimum Gasteiger partial charge on any atom is -0.468 e. The Bertz CT molecular complexity index is 273. The van der Waals surface area contributed by atoms with Crippen LogP contribution >= 0.6 is 0 Å². The van der Waals surface area contributed by atoms with E-state index < -0.39 is 0 Å². The highest BCUT2D eigenvalue weighted by atomic mass is 16.7. The lowest BCUT2D eigenvalue weighted by molar-refractivity contribution is 0.0511. The fraction of sp³-hybridized carbons (Fsp3) is 0.538. The molecule has 0 saturated carbocycles. The second-order valence-electron chi connectivity index (χ2n) is 3.88. The molecule has 0 aliphatic rings. The van der Waals surface area contributed by atoms with Crippen LogP contribution < -0.4 is 15.8 Å². The second kappa shape index (κ2) is 10.1. The molecule has 1 aromatic carbocycles. The zero-order valence-electron chi connectivity index (χ0n) is 11.2. The highest BCUT2D eigenvalue weighted by Crippen LogP contribution is 2.12. The van der Waals surface area contributed by atoms with E-state index in [-0.39, 0.29) is 12.8 Å². The minimum atomic E-state index is 0.195. The van der Waals surface area contributed by atoms with Gasteiger partial charge in [-0.15, -0.1) is 0 Å². The van der Waals surface area contributed by atoms with Crippen LogP contribution in [-0.2, 0) is 11.2 Å². The minimum absolute atomic E-state index is 0.195. The van der Waals surface area contributed by atoms with Crippen molar-refractivity contribution in [2.24, 2.45) is 5.73 Å². The molecule has 1 aromatic rings. The third-order valence-electron chi connectivity index (χ3n) is 1.82. The molecule has 0 heterocycles. The number of hydrogen-bond donors (Lipinski definition) is 2. The van der Waals surface area contributed by atoms with Crippen molar-refractivity contribution in [1.29, 1.82) is 0 Å². The summed E-state index contributed by atoms with van der Waals surface area (Å²) in [6.45, 7) is 2.28. The molecule has 0 aliphatic heterocycles. The lowest BCUT2D eigenvalue weighted by Gasteiger charge is -2.07. The van der Waals surface area contributed by atoms with Crippen molar-refractivity contribution in [2.45, 2.75) is 19.4 Å². The number of nitrogens with one attached hydrogen (secondary N) is 1. The molecule has 1 atom stereocenters. The van der Waals surface area contributed by atoms with Crippen LogP contribution in [0.3, 0.4) is 0 Å². The van der Waals surface area contributed by atoms with E-state index in [9.17, 15) is 0 Å². The Morgan fingerprint density at radius 1 is 1.24 bits per heavy atom. The van der Waals surface area contributed by atoms with E-state index in [1.165, 1.54) is 5.56 Å². The Balaban J connectivity index is 0.000000770. The van der Waals surface area contributed by atoms with Crippen LogP contribution in [-0.4, -0.2) is 34.0 Å². The lowest BCUT2D eigenvalue weighted by Crippen LogP contribution is -2.17. The number of benzene rings is 1. The summed E-state index contributed by atoms with van der Waals surface area (Å²) >= 11 is 0. The first kappa shape index (κ1) is 15.9. The second-order valence-corrected chi connectivity index (χ2v) is 3.88. The van der Waals surface area contributed by atoms with Gasteiger partial charge in [-0.2, -0.15) is 0 Å². The average molecular weight is 240 g/mol. The van der Waals surface area contributed by atoms with Crippen molar-refractivity contribution in [1.82, 2.24) is 5.32 Å². The Morgan fingerprint density at radius 3 is 2.18 bits per heavy atom. The number of hydrogen-bond acceptors (Lipinski definition) is 4. The van der Waals surface area contributed by atoms with Crippen LogP contribution in [0.5, 0.6) is 5.75 Å². The fourth-order valence-electron chi connectivity index (χ4n) is 1.22. The van der Waals surface area contributed by atoms with Crippen molar-refractivity contribution in [2.75, 3.05) is 28.0 Å². The summed E-state index contributed by atoms with van der Waals surface area (Å²) in [4.78, 5) is 0. The average Bonchev–Trinajstić information content (AvgIpc) is 2.28. The van der Waals surface area contributed by atoms with E-state index in [1.807, 2.05) is 45.3 Å². The van der Waals surface area contributed by atoms with Gasteiger partial charge in [-0.1, -0.05) is 12.1 Å². The third kappa shape index (κ3) is 8.68. The smallest absolute Gasteiger partial charge is 0.188 e. The number of methoxy groups -OCH3 is 1. The Kier molecular flexibility index (Phi) is 9.43. The summed E-state index contributed by atoms with van der Waals surface area (Å²) in [5, 5.41) is 2.75. The standard InChI is InChI=1S/C11H17NO2.C2H7N/c1-9(12)7-10-3-5-11(6-4-10)14-8-13-2;1-3-2/h3-6,9H,7-8,12H2,1-2H3;3H,1-2H3. The van der Waals surface area contributed by atoms with Crippen molar-refractivity contribution in [3.05, 3.63) is 29.8 Å². The summed E-state index contributed by atoms with van der Waals surface area (Å²) in [6, 6.07) is 8.09. The fourth-order valence-corrected chi connectivity index (χ4v) is 1.22. The summed E-state index contributed by atoms with van der Waals surface area (Å²) < 4.78 is 10.1. The molecule has 0 bridgehead atoms. The van der Waals surface area contributed by atoms with E-state index in [1.54, 1.807) is 7.11 Å². The van der Waals surface area contributed by atoms with E-state index in [0.29, 0.717) is 0 Å². The molecule has 4 heteroatoms.